The van der Waals surface area contributed by atoms with Crippen LogP contribution in [0.3, 0.4) is 0 Å². The summed E-state index contributed by atoms with van der Waals surface area (Å²) < 4.78 is 5.37. The molecule has 1 aliphatic carbocycles. The number of fused-ring (bicyclic) bond motifs is 1. The topological polar surface area (TPSA) is 9.23 Å². The van der Waals surface area contributed by atoms with Crippen molar-refractivity contribution >= 4 is 0 Å². The van der Waals surface area contributed by atoms with Gasteiger partial charge in [-0.25, -0.2) is 0 Å². The van der Waals surface area contributed by atoms with Gasteiger partial charge in [-0.15, -0.1) is 0 Å². The van der Waals surface area contributed by atoms with E-state index in [1.807, 2.05) is 0 Å². The standard InChI is InChI=1S/C10H14O/c1-8-2-3-10-7-11-5-4-9(10)6-8/h2,4,10H,3,5-7H2,1H3. The molecule has 2 rings (SSSR count). The van der Waals surface area contributed by atoms with Crippen molar-refractivity contribution in [2.24, 2.45) is 5.92 Å². The SMILES string of the molecule is CC1=CCC2COCC=C2C1. The Kier molecular flexibility index (Phi) is 1.82. The Bertz CT molecular complexity index is 213. The molecule has 1 heteroatoms. The third kappa shape index (κ3) is 1.38. The Morgan fingerprint density at radius 3 is 3.27 bits per heavy atom. The fourth-order valence-electron chi connectivity index (χ4n) is 1.82. The van der Waals surface area contributed by atoms with Gasteiger partial charge in [0.2, 0.25) is 0 Å². The van der Waals surface area contributed by atoms with Gasteiger partial charge in [0.05, 0.1) is 13.2 Å². The van der Waals surface area contributed by atoms with Gasteiger partial charge >= 0.3 is 0 Å². The summed E-state index contributed by atoms with van der Waals surface area (Å²) in [6, 6.07) is 0. The van der Waals surface area contributed by atoms with Crippen molar-refractivity contribution in [2.45, 2.75) is 19.8 Å². The Balaban J connectivity index is 2.18. The van der Waals surface area contributed by atoms with E-state index >= 15 is 0 Å². The van der Waals surface area contributed by atoms with Crippen LogP contribution >= 0.6 is 0 Å². The predicted octanol–water partition coefficient (Wildman–Crippen LogP) is 2.30. The second-order valence-electron chi connectivity index (χ2n) is 3.48. The summed E-state index contributed by atoms with van der Waals surface area (Å²) >= 11 is 0. The van der Waals surface area contributed by atoms with Gasteiger partial charge in [-0.05, 0) is 19.8 Å². The van der Waals surface area contributed by atoms with Crippen LogP contribution in [0.5, 0.6) is 0 Å². The van der Waals surface area contributed by atoms with E-state index in [1.165, 1.54) is 18.4 Å². The van der Waals surface area contributed by atoms with E-state index in [0.717, 1.165) is 13.2 Å². The molecule has 2 aliphatic rings. The van der Waals surface area contributed by atoms with Crippen molar-refractivity contribution in [3.05, 3.63) is 23.3 Å². The highest BCUT2D eigenvalue weighted by Gasteiger charge is 2.20. The molecule has 60 valence electrons. The zero-order valence-corrected chi connectivity index (χ0v) is 6.97. The normalized spacial score (nSPS) is 30.5. The first-order valence-corrected chi connectivity index (χ1v) is 4.28. The lowest BCUT2D eigenvalue weighted by atomic mass is 9.84. The van der Waals surface area contributed by atoms with Crippen LogP contribution in [-0.2, 0) is 4.74 Å². The number of rotatable bonds is 0. The molecule has 0 bridgehead atoms. The van der Waals surface area contributed by atoms with Crippen LogP contribution in [0.4, 0.5) is 0 Å². The highest BCUT2D eigenvalue weighted by Crippen LogP contribution is 2.30. The van der Waals surface area contributed by atoms with Crippen molar-refractivity contribution in [3.8, 4) is 0 Å². The van der Waals surface area contributed by atoms with E-state index < -0.39 is 0 Å². The predicted molar refractivity (Wildman–Crippen MR) is 45.4 cm³/mol. The van der Waals surface area contributed by atoms with Crippen LogP contribution in [0.1, 0.15) is 19.8 Å². The molecule has 0 saturated carbocycles. The highest BCUT2D eigenvalue weighted by atomic mass is 16.5. The Morgan fingerprint density at radius 2 is 2.36 bits per heavy atom. The molecule has 0 aromatic rings. The molecule has 1 aliphatic heterocycles. The van der Waals surface area contributed by atoms with Gasteiger partial charge in [-0.1, -0.05) is 23.3 Å². The van der Waals surface area contributed by atoms with Gasteiger partial charge in [0.1, 0.15) is 0 Å². The van der Waals surface area contributed by atoms with Gasteiger partial charge in [0, 0.05) is 5.92 Å². The molecule has 0 amide bonds. The lowest BCUT2D eigenvalue weighted by Gasteiger charge is -2.27. The van der Waals surface area contributed by atoms with E-state index in [1.54, 1.807) is 5.57 Å². The molecule has 0 fully saturated rings. The summed E-state index contributed by atoms with van der Waals surface area (Å²) in [5, 5.41) is 0. The summed E-state index contributed by atoms with van der Waals surface area (Å²) in [5.41, 5.74) is 3.13. The zero-order valence-electron chi connectivity index (χ0n) is 6.97. The molecular weight excluding hydrogens is 136 g/mol. The Labute approximate surface area is 67.7 Å². The molecule has 0 N–H and O–H groups in total. The number of hydrogen-bond donors (Lipinski definition) is 0. The number of allylic oxidation sites excluding steroid dienone is 2. The fourth-order valence-corrected chi connectivity index (χ4v) is 1.82. The maximum Gasteiger partial charge on any atom is 0.0650 e. The fraction of sp³-hybridized carbons (Fsp3) is 0.600. The molecule has 1 nitrogen and oxygen atoms in total. The summed E-state index contributed by atoms with van der Waals surface area (Å²) in [4.78, 5) is 0. The number of ether oxygens (including phenoxy) is 1. The van der Waals surface area contributed by atoms with E-state index in [4.69, 9.17) is 4.74 Å². The number of hydrogen-bond acceptors (Lipinski definition) is 1. The molecular formula is C10H14O. The van der Waals surface area contributed by atoms with Gasteiger partial charge in [-0.3, -0.25) is 0 Å². The third-order valence-corrected chi connectivity index (χ3v) is 2.54. The molecule has 0 spiro atoms. The molecule has 1 unspecified atom stereocenters. The van der Waals surface area contributed by atoms with E-state index in [-0.39, 0.29) is 0 Å². The maximum absolute atomic E-state index is 5.37. The van der Waals surface area contributed by atoms with Gasteiger partial charge < -0.3 is 4.74 Å². The molecule has 11 heavy (non-hydrogen) atoms. The van der Waals surface area contributed by atoms with E-state index in [9.17, 15) is 0 Å². The van der Waals surface area contributed by atoms with Crippen LogP contribution in [0.15, 0.2) is 23.3 Å². The Morgan fingerprint density at radius 1 is 1.45 bits per heavy atom. The smallest absolute Gasteiger partial charge is 0.0650 e. The molecule has 1 atom stereocenters. The average Bonchev–Trinajstić information content (AvgIpc) is 2.04. The lowest BCUT2D eigenvalue weighted by molar-refractivity contribution is 0.118. The minimum Gasteiger partial charge on any atom is -0.377 e. The van der Waals surface area contributed by atoms with Crippen molar-refractivity contribution in [2.75, 3.05) is 13.2 Å². The van der Waals surface area contributed by atoms with Crippen molar-refractivity contribution in [1.29, 1.82) is 0 Å². The van der Waals surface area contributed by atoms with Crippen LogP contribution < -0.4 is 0 Å². The van der Waals surface area contributed by atoms with E-state index in [0.29, 0.717) is 5.92 Å². The summed E-state index contributed by atoms with van der Waals surface area (Å²) in [6.07, 6.45) is 6.98. The molecule has 0 aromatic carbocycles. The maximum atomic E-state index is 5.37. The third-order valence-electron chi connectivity index (χ3n) is 2.54. The monoisotopic (exact) mass is 150 g/mol. The minimum atomic E-state index is 0.701. The first kappa shape index (κ1) is 7.11. The van der Waals surface area contributed by atoms with Gasteiger partial charge in [0.15, 0.2) is 0 Å². The largest absolute Gasteiger partial charge is 0.377 e. The first-order valence-electron chi connectivity index (χ1n) is 4.28. The summed E-state index contributed by atoms with van der Waals surface area (Å²) in [7, 11) is 0. The van der Waals surface area contributed by atoms with Crippen LogP contribution in [-0.4, -0.2) is 13.2 Å². The zero-order chi connectivity index (χ0) is 7.68. The van der Waals surface area contributed by atoms with Crippen molar-refractivity contribution in [1.82, 2.24) is 0 Å². The molecule has 1 heterocycles. The molecule has 0 radical (unpaired) electrons. The van der Waals surface area contributed by atoms with E-state index in [2.05, 4.69) is 19.1 Å². The lowest BCUT2D eigenvalue weighted by Crippen LogP contribution is -2.20. The summed E-state index contributed by atoms with van der Waals surface area (Å²) in [5.74, 6) is 0.701. The van der Waals surface area contributed by atoms with Crippen LogP contribution in [0.2, 0.25) is 0 Å². The highest BCUT2D eigenvalue weighted by molar-refractivity contribution is 5.23. The van der Waals surface area contributed by atoms with Crippen molar-refractivity contribution < 1.29 is 4.74 Å². The van der Waals surface area contributed by atoms with Crippen molar-refractivity contribution in [3.63, 3.8) is 0 Å². The average molecular weight is 150 g/mol. The van der Waals surface area contributed by atoms with Gasteiger partial charge in [-0.2, -0.15) is 0 Å². The second kappa shape index (κ2) is 2.82. The van der Waals surface area contributed by atoms with Gasteiger partial charge in [0.25, 0.3) is 0 Å². The summed E-state index contributed by atoms with van der Waals surface area (Å²) in [6.45, 7) is 3.99. The van der Waals surface area contributed by atoms with Crippen LogP contribution in [0.25, 0.3) is 0 Å². The minimum absolute atomic E-state index is 0.701. The first-order chi connectivity index (χ1) is 5.36. The Hall–Kier alpha value is -0.560. The molecule has 0 saturated heterocycles. The van der Waals surface area contributed by atoms with Crippen LogP contribution in [0, 0.1) is 5.92 Å². The quantitative estimate of drug-likeness (QED) is 0.481. The second-order valence-corrected chi connectivity index (χ2v) is 3.48. The molecule has 0 aromatic heterocycles.